The Bertz CT molecular complexity index is 967. The number of nitrogens with one attached hydrogen (secondary N) is 1. The number of rotatable bonds is 5. The Labute approximate surface area is 145 Å². The van der Waals surface area contributed by atoms with E-state index in [1.807, 2.05) is 17.5 Å². The lowest BCUT2D eigenvalue weighted by atomic mass is 10.3. The van der Waals surface area contributed by atoms with Gasteiger partial charge in [0.05, 0.1) is 10.6 Å². The van der Waals surface area contributed by atoms with Crippen molar-refractivity contribution >= 4 is 32.7 Å². The summed E-state index contributed by atoms with van der Waals surface area (Å²) in [4.78, 5) is 5.59. The molecule has 4 nitrogen and oxygen atoms in total. The molecule has 1 N–H and O–H groups in total. The van der Waals surface area contributed by atoms with Crippen LogP contribution in [0.25, 0.3) is 9.88 Å². The molecule has 0 bridgehead atoms. The van der Waals surface area contributed by atoms with E-state index in [2.05, 4.69) is 9.71 Å². The molecule has 126 valence electrons. The van der Waals surface area contributed by atoms with Crippen molar-refractivity contribution in [2.45, 2.75) is 18.4 Å². The first-order chi connectivity index (χ1) is 11.4. The molecule has 0 aliphatic carbocycles. The van der Waals surface area contributed by atoms with E-state index >= 15 is 0 Å². The topological polar surface area (TPSA) is 59.1 Å². The summed E-state index contributed by atoms with van der Waals surface area (Å²) >= 11 is 2.92. The highest BCUT2D eigenvalue weighted by Crippen LogP contribution is 2.31. The number of aromatic nitrogens is 1. The first-order valence-corrected chi connectivity index (χ1v) is 9.99. The maximum Gasteiger partial charge on any atom is 0.243 e. The number of sulfonamides is 1. The van der Waals surface area contributed by atoms with Crippen LogP contribution in [0.5, 0.6) is 0 Å². The number of thiazole rings is 1. The average Bonchev–Trinajstić information content (AvgIpc) is 3.14. The summed E-state index contributed by atoms with van der Waals surface area (Å²) in [6.45, 7) is 1.78. The van der Waals surface area contributed by atoms with E-state index in [1.54, 1.807) is 18.3 Å². The van der Waals surface area contributed by atoms with Gasteiger partial charge in [-0.2, -0.15) is 0 Å². The minimum Gasteiger partial charge on any atom is -0.240 e. The largest absolute Gasteiger partial charge is 0.243 e. The first-order valence-electron chi connectivity index (χ1n) is 6.82. The quantitative estimate of drug-likeness (QED) is 0.723. The Hall–Kier alpha value is -1.68. The van der Waals surface area contributed by atoms with Crippen molar-refractivity contribution in [1.82, 2.24) is 9.71 Å². The zero-order chi connectivity index (χ0) is 17.3. The van der Waals surface area contributed by atoms with E-state index < -0.39 is 26.6 Å². The van der Waals surface area contributed by atoms with Crippen LogP contribution in [0.1, 0.15) is 10.6 Å². The van der Waals surface area contributed by atoms with Crippen molar-refractivity contribution in [3.63, 3.8) is 0 Å². The molecule has 24 heavy (non-hydrogen) atoms. The lowest BCUT2D eigenvalue weighted by Gasteiger charge is -2.07. The van der Waals surface area contributed by atoms with Crippen molar-refractivity contribution < 1.29 is 17.2 Å². The van der Waals surface area contributed by atoms with Gasteiger partial charge in [0.15, 0.2) is 0 Å². The predicted molar refractivity (Wildman–Crippen MR) is 90.5 cm³/mol. The molecular formula is C15H12F2N2O2S3. The van der Waals surface area contributed by atoms with Gasteiger partial charge in [0, 0.05) is 17.5 Å². The molecule has 0 saturated heterocycles. The van der Waals surface area contributed by atoms with Crippen LogP contribution in [0.3, 0.4) is 0 Å². The van der Waals surface area contributed by atoms with E-state index in [0.29, 0.717) is 11.8 Å². The standard InChI is InChI=1S/C15H12F2N2O2S3/c1-9-13(23-15(19-9)12-3-2-6-22-12)8-18-24(20,21)14-5-4-10(16)7-11(14)17/h2-7,18H,8H2,1H3. The molecular weight excluding hydrogens is 374 g/mol. The Morgan fingerprint density at radius 1 is 1.25 bits per heavy atom. The third kappa shape index (κ3) is 3.54. The van der Waals surface area contributed by atoms with Crippen LogP contribution in [0, 0.1) is 18.6 Å². The van der Waals surface area contributed by atoms with Crippen LogP contribution in [-0.2, 0) is 16.6 Å². The minimum absolute atomic E-state index is 0.00593. The van der Waals surface area contributed by atoms with Gasteiger partial charge in [-0.1, -0.05) is 6.07 Å². The summed E-state index contributed by atoms with van der Waals surface area (Å²) in [6, 6.07) is 6.21. The highest BCUT2D eigenvalue weighted by molar-refractivity contribution is 7.89. The monoisotopic (exact) mass is 386 g/mol. The van der Waals surface area contributed by atoms with Gasteiger partial charge in [0.2, 0.25) is 10.0 Å². The zero-order valence-corrected chi connectivity index (χ0v) is 14.9. The van der Waals surface area contributed by atoms with Crippen molar-refractivity contribution in [3.8, 4) is 9.88 Å². The fraction of sp³-hybridized carbons (Fsp3) is 0.133. The smallest absolute Gasteiger partial charge is 0.240 e. The molecule has 0 fully saturated rings. The SMILES string of the molecule is Cc1nc(-c2cccs2)sc1CNS(=O)(=O)c1ccc(F)cc1F. The number of nitrogens with zero attached hydrogens (tertiary/aromatic N) is 1. The molecule has 2 aromatic heterocycles. The van der Waals surface area contributed by atoms with Crippen molar-refractivity contribution in [3.05, 3.63) is 57.9 Å². The molecule has 0 atom stereocenters. The molecule has 2 heterocycles. The molecule has 0 unspecified atom stereocenters. The third-order valence-electron chi connectivity index (χ3n) is 3.23. The minimum atomic E-state index is -4.08. The van der Waals surface area contributed by atoms with E-state index in [9.17, 15) is 17.2 Å². The highest BCUT2D eigenvalue weighted by atomic mass is 32.2. The summed E-state index contributed by atoms with van der Waals surface area (Å²) in [6.07, 6.45) is 0. The molecule has 0 aliphatic heterocycles. The summed E-state index contributed by atoms with van der Waals surface area (Å²) in [5.41, 5.74) is 0.714. The highest BCUT2D eigenvalue weighted by Gasteiger charge is 2.20. The molecule has 9 heteroatoms. The second-order valence-corrected chi connectivity index (χ2v) is 8.67. The molecule has 3 aromatic rings. The number of thiophene rings is 1. The van der Waals surface area contributed by atoms with Gasteiger partial charge in [0.1, 0.15) is 21.5 Å². The van der Waals surface area contributed by atoms with E-state index in [1.165, 1.54) is 11.3 Å². The van der Waals surface area contributed by atoms with Gasteiger partial charge in [-0.3, -0.25) is 0 Å². The number of hydrogen-bond donors (Lipinski definition) is 1. The van der Waals surface area contributed by atoms with E-state index in [-0.39, 0.29) is 6.54 Å². The maximum atomic E-state index is 13.7. The van der Waals surface area contributed by atoms with Crippen LogP contribution < -0.4 is 4.72 Å². The molecule has 0 spiro atoms. The average molecular weight is 386 g/mol. The van der Waals surface area contributed by atoms with E-state index in [4.69, 9.17) is 0 Å². The third-order valence-corrected chi connectivity index (χ3v) is 6.86. The van der Waals surface area contributed by atoms with Crippen molar-refractivity contribution in [1.29, 1.82) is 0 Å². The summed E-state index contributed by atoms with van der Waals surface area (Å²) in [7, 11) is -4.08. The Kier molecular flexibility index (Phi) is 4.77. The van der Waals surface area contributed by atoms with Crippen molar-refractivity contribution in [2.24, 2.45) is 0 Å². The lowest BCUT2D eigenvalue weighted by Crippen LogP contribution is -2.24. The fourth-order valence-electron chi connectivity index (χ4n) is 2.03. The van der Waals surface area contributed by atoms with Gasteiger partial charge >= 0.3 is 0 Å². The predicted octanol–water partition coefficient (Wildman–Crippen LogP) is 3.94. The second-order valence-electron chi connectivity index (χ2n) is 4.90. The number of halogens is 2. The van der Waals surface area contributed by atoms with Gasteiger partial charge in [-0.25, -0.2) is 26.9 Å². The zero-order valence-electron chi connectivity index (χ0n) is 12.4. The molecule has 1 aromatic carbocycles. The second kappa shape index (κ2) is 6.67. The van der Waals surface area contributed by atoms with Crippen LogP contribution >= 0.6 is 22.7 Å². The van der Waals surface area contributed by atoms with Crippen LogP contribution in [0.15, 0.2) is 40.6 Å². The lowest BCUT2D eigenvalue weighted by molar-refractivity contribution is 0.543. The summed E-state index contributed by atoms with van der Waals surface area (Å²) in [5.74, 6) is -1.95. The molecule has 0 amide bonds. The Balaban J connectivity index is 1.80. The molecule has 0 aliphatic rings. The van der Waals surface area contributed by atoms with Crippen LogP contribution in [-0.4, -0.2) is 13.4 Å². The molecule has 3 rings (SSSR count). The molecule has 0 radical (unpaired) electrons. The number of hydrogen-bond acceptors (Lipinski definition) is 5. The summed E-state index contributed by atoms with van der Waals surface area (Å²) < 4.78 is 53.3. The van der Waals surface area contributed by atoms with Gasteiger partial charge in [-0.05, 0) is 30.5 Å². The number of benzene rings is 1. The van der Waals surface area contributed by atoms with Gasteiger partial charge < -0.3 is 0 Å². The number of aryl methyl sites for hydroxylation is 1. The summed E-state index contributed by atoms with van der Waals surface area (Å²) in [5, 5.41) is 2.75. The van der Waals surface area contributed by atoms with Crippen LogP contribution in [0.4, 0.5) is 8.78 Å². The Morgan fingerprint density at radius 3 is 2.71 bits per heavy atom. The van der Waals surface area contributed by atoms with Gasteiger partial charge in [0.25, 0.3) is 0 Å². The fourth-order valence-corrected chi connectivity index (χ4v) is 4.97. The van der Waals surface area contributed by atoms with Crippen molar-refractivity contribution in [2.75, 3.05) is 0 Å². The van der Waals surface area contributed by atoms with Gasteiger partial charge in [-0.15, -0.1) is 22.7 Å². The first kappa shape index (κ1) is 17.2. The van der Waals surface area contributed by atoms with Crippen LogP contribution in [0.2, 0.25) is 0 Å². The maximum absolute atomic E-state index is 13.7. The van der Waals surface area contributed by atoms with E-state index in [0.717, 1.165) is 26.9 Å². The Morgan fingerprint density at radius 2 is 2.04 bits per heavy atom. The molecule has 0 saturated carbocycles. The normalized spacial score (nSPS) is 11.8.